The van der Waals surface area contributed by atoms with E-state index in [1.165, 1.54) is 56.0 Å². The quantitative estimate of drug-likeness (QED) is 0.199. The zero-order valence-corrected chi connectivity index (χ0v) is 23.0. The lowest BCUT2D eigenvalue weighted by atomic mass is 9.86. The third-order valence-electron chi connectivity index (χ3n) is 7.58. The van der Waals surface area contributed by atoms with Crippen LogP contribution in [0.3, 0.4) is 0 Å². The Hall–Kier alpha value is -4.88. The maximum atomic E-state index is 2.47. The molecule has 0 fully saturated rings. The normalized spacial score (nSPS) is 13.8. The molecule has 194 valence electrons. The van der Waals surface area contributed by atoms with Crippen LogP contribution in [0.2, 0.25) is 0 Å². The zero-order chi connectivity index (χ0) is 27.3. The predicted molar refractivity (Wildman–Crippen MR) is 171 cm³/mol. The Morgan fingerprint density at radius 1 is 0.500 bits per heavy atom. The molecule has 1 unspecified atom stereocenters. The van der Waals surface area contributed by atoms with Crippen LogP contribution in [-0.2, 0) is 0 Å². The summed E-state index contributed by atoms with van der Waals surface area (Å²) in [6, 6.07) is 48.2. The largest absolute Gasteiger partial charge is 0.309 e. The van der Waals surface area contributed by atoms with Gasteiger partial charge in [-0.25, -0.2) is 0 Å². The maximum absolute atomic E-state index is 2.47. The molecule has 40 heavy (non-hydrogen) atoms. The SMILES string of the molecule is C/C=C\C=C/C(C)c1ccccc1N1c2ccccc2C(c2ccccc2)=C(c2ccccc2)c2ccccc21. The van der Waals surface area contributed by atoms with Gasteiger partial charge in [-0.05, 0) is 53.0 Å². The summed E-state index contributed by atoms with van der Waals surface area (Å²) in [4.78, 5) is 2.47. The third kappa shape index (κ3) is 4.72. The van der Waals surface area contributed by atoms with Crippen LogP contribution < -0.4 is 4.90 Å². The summed E-state index contributed by atoms with van der Waals surface area (Å²) in [5.74, 6) is 0.241. The number of para-hydroxylation sites is 3. The highest BCUT2D eigenvalue weighted by Crippen LogP contribution is 2.51. The van der Waals surface area contributed by atoms with Gasteiger partial charge in [0.2, 0.25) is 0 Å². The van der Waals surface area contributed by atoms with E-state index in [0.29, 0.717) is 0 Å². The minimum absolute atomic E-state index is 0.241. The molecule has 0 bridgehead atoms. The van der Waals surface area contributed by atoms with Gasteiger partial charge < -0.3 is 4.90 Å². The summed E-state index contributed by atoms with van der Waals surface area (Å²) in [5, 5.41) is 0. The third-order valence-corrected chi connectivity index (χ3v) is 7.58. The number of hydrogen-bond donors (Lipinski definition) is 0. The van der Waals surface area contributed by atoms with Crippen molar-refractivity contribution in [3.63, 3.8) is 0 Å². The topological polar surface area (TPSA) is 3.24 Å². The van der Waals surface area contributed by atoms with Gasteiger partial charge in [-0.3, -0.25) is 0 Å². The lowest BCUT2D eigenvalue weighted by Crippen LogP contribution is -2.14. The van der Waals surface area contributed by atoms with E-state index in [4.69, 9.17) is 0 Å². The van der Waals surface area contributed by atoms with Gasteiger partial charge >= 0.3 is 0 Å². The first-order valence-corrected chi connectivity index (χ1v) is 14.0. The van der Waals surface area contributed by atoms with Crippen molar-refractivity contribution in [2.75, 3.05) is 4.90 Å². The first-order chi connectivity index (χ1) is 19.8. The van der Waals surface area contributed by atoms with E-state index in [1.54, 1.807) is 0 Å². The Morgan fingerprint density at radius 3 is 1.48 bits per heavy atom. The van der Waals surface area contributed by atoms with Crippen molar-refractivity contribution in [3.8, 4) is 0 Å². The highest BCUT2D eigenvalue weighted by atomic mass is 15.2. The number of nitrogens with zero attached hydrogens (tertiary/aromatic N) is 1. The summed E-state index contributed by atoms with van der Waals surface area (Å²) in [6.07, 6.45) is 8.59. The first kappa shape index (κ1) is 25.4. The molecule has 1 aliphatic heterocycles. The van der Waals surface area contributed by atoms with Crippen molar-refractivity contribution in [3.05, 3.63) is 186 Å². The summed E-state index contributed by atoms with van der Waals surface area (Å²) >= 11 is 0. The van der Waals surface area contributed by atoms with Crippen LogP contribution in [0, 0.1) is 0 Å². The highest BCUT2D eigenvalue weighted by molar-refractivity contribution is 6.12. The number of anilines is 3. The number of fused-ring (bicyclic) bond motifs is 2. The molecule has 1 heteroatoms. The van der Waals surface area contributed by atoms with E-state index in [2.05, 4.69) is 177 Å². The molecule has 0 saturated carbocycles. The maximum Gasteiger partial charge on any atom is 0.0540 e. The average molecular weight is 516 g/mol. The van der Waals surface area contributed by atoms with E-state index in [9.17, 15) is 0 Å². The van der Waals surface area contributed by atoms with Crippen molar-refractivity contribution in [1.82, 2.24) is 0 Å². The molecule has 1 atom stereocenters. The van der Waals surface area contributed by atoms with E-state index in [-0.39, 0.29) is 5.92 Å². The van der Waals surface area contributed by atoms with Crippen molar-refractivity contribution in [1.29, 1.82) is 0 Å². The summed E-state index contributed by atoms with van der Waals surface area (Å²) < 4.78 is 0. The van der Waals surface area contributed by atoms with Crippen LogP contribution in [0.25, 0.3) is 11.1 Å². The lowest BCUT2D eigenvalue weighted by Gasteiger charge is -2.30. The highest BCUT2D eigenvalue weighted by Gasteiger charge is 2.30. The molecular weight excluding hydrogens is 482 g/mol. The first-order valence-electron chi connectivity index (χ1n) is 14.0. The molecule has 1 nitrogen and oxygen atoms in total. The summed E-state index contributed by atoms with van der Waals surface area (Å²) in [6.45, 7) is 4.33. The van der Waals surface area contributed by atoms with Gasteiger partial charge in [-0.2, -0.15) is 0 Å². The fourth-order valence-corrected chi connectivity index (χ4v) is 5.75. The molecule has 0 N–H and O–H groups in total. The minimum Gasteiger partial charge on any atom is -0.309 e. The van der Waals surface area contributed by atoms with Gasteiger partial charge in [0.1, 0.15) is 0 Å². The van der Waals surface area contributed by atoms with Gasteiger partial charge in [0.25, 0.3) is 0 Å². The molecule has 5 aromatic rings. The zero-order valence-electron chi connectivity index (χ0n) is 23.0. The van der Waals surface area contributed by atoms with Crippen molar-refractivity contribution < 1.29 is 0 Å². The molecular formula is C39H33N. The van der Waals surface area contributed by atoms with Gasteiger partial charge in [-0.1, -0.05) is 146 Å². The number of hydrogen-bond acceptors (Lipinski definition) is 1. The molecule has 0 aliphatic carbocycles. The van der Waals surface area contributed by atoms with E-state index >= 15 is 0 Å². The van der Waals surface area contributed by atoms with Gasteiger partial charge in [-0.15, -0.1) is 0 Å². The Balaban J connectivity index is 1.70. The van der Waals surface area contributed by atoms with E-state index in [0.717, 1.165) is 0 Å². The van der Waals surface area contributed by atoms with Crippen LogP contribution >= 0.6 is 0 Å². The van der Waals surface area contributed by atoms with Crippen LogP contribution in [0.4, 0.5) is 17.1 Å². The van der Waals surface area contributed by atoms with E-state index < -0.39 is 0 Å². The van der Waals surface area contributed by atoms with Crippen LogP contribution in [0.5, 0.6) is 0 Å². The smallest absolute Gasteiger partial charge is 0.0540 e. The molecule has 0 amide bonds. The molecule has 0 spiro atoms. The van der Waals surface area contributed by atoms with Crippen molar-refractivity contribution >= 4 is 28.2 Å². The Labute approximate surface area is 238 Å². The molecule has 6 rings (SSSR count). The Kier molecular flexibility index (Phi) is 7.28. The monoisotopic (exact) mass is 515 g/mol. The van der Waals surface area contributed by atoms with Crippen LogP contribution in [-0.4, -0.2) is 0 Å². The number of benzene rings is 5. The van der Waals surface area contributed by atoms with Crippen LogP contribution in [0.1, 0.15) is 47.6 Å². The second kappa shape index (κ2) is 11.5. The minimum atomic E-state index is 0.241. The lowest BCUT2D eigenvalue weighted by molar-refractivity contribution is 0.961. The molecule has 1 aliphatic rings. The van der Waals surface area contributed by atoms with Crippen molar-refractivity contribution in [2.45, 2.75) is 19.8 Å². The summed E-state index contributed by atoms with van der Waals surface area (Å²) in [5.41, 5.74) is 12.2. The molecule has 0 radical (unpaired) electrons. The van der Waals surface area contributed by atoms with E-state index in [1.807, 2.05) is 0 Å². The number of rotatable bonds is 6. The van der Waals surface area contributed by atoms with Gasteiger partial charge in [0.05, 0.1) is 11.4 Å². The average Bonchev–Trinajstić information content (AvgIpc) is 3.14. The standard InChI is InChI=1S/C39H33N/c1-3-4-7-18-29(2)32-23-12-15-26-35(32)40-36-27-16-13-24-33(36)38(30-19-8-5-9-20-30)39(31-21-10-6-11-22-31)34-25-14-17-28-37(34)40/h3-29H,1-2H3/b4-3-,18-7-. The van der Waals surface area contributed by atoms with Crippen LogP contribution in [0.15, 0.2) is 158 Å². The fraction of sp³-hybridized carbons (Fsp3) is 0.0769. The molecule has 1 heterocycles. The van der Waals surface area contributed by atoms with Gasteiger partial charge in [0.15, 0.2) is 0 Å². The Morgan fingerprint density at radius 2 is 0.950 bits per heavy atom. The Bertz CT molecular complexity index is 1610. The molecule has 5 aromatic carbocycles. The summed E-state index contributed by atoms with van der Waals surface area (Å²) in [7, 11) is 0. The number of allylic oxidation sites excluding steroid dienone is 4. The second-order valence-corrected chi connectivity index (χ2v) is 10.1. The predicted octanol–water partition coefficient (Wildman–Crippen LogP) is 10.7. The molecule has 0 saturated heterocycles. The molecule has 0 aromatic heterocycles. The second-order valence-electron chi connectivity index (χ2n) is 10.1. The van der Waals surface area contributed by atoms with Crippen molar-refractivity contribution in [2.24, 2.45) is 0 Å². The van der Waals surface area contributed by atoms with Gasteiger partial charge in [0, 0.05) is 22.7 Å². The fourth-order valence-electron chi connectivity index (χ4n) is 5.75.